The van der Waals surface area contributed by atoms with Gasteiger partial charge in [-0.05, 0) is 13.8 Å². The molecule has 5 heteroatoms. The van der Waals surface area contributed by atoms with E-state index in [9.17, 15) is 4.79 Å². The number of hydrogen-bond acceptors (Lipinski definition) is 3. The molecule has 80 valence electrons. The highest BCUT2D eigenvalue weighted by Crippen LogP contribution is 1.99. The van der Waals surface area contributed by atoms with Crippen LogP contribution in [0.15, 0.2) is 17.2 Å². The molecule has 1 atom stereocenters. The summed E-state index contributed by atoms with van der Waals surface area (Å²) in [5, 5.41) is 17.8. The average molecular weight is 200 g/mol. The van der Waals surface area contributed by atoms with E-state index in [2.05, 4.69) is 0 Å². The van der Waals surface area contributed by atoms with Gasteiger partial charge < -0.3 is 10.2 Å². The zero-order valence-corrected chi connectivity index (χ0v) is 8.42. The van der Waals surface area contributed by atoms with Crippen LogP contribution >= 0.6 is 0 Å². The molecule has 5 nitrogen and oxygen atoms in total. The van der Waals surface area contributed by atoms with Crippen molar-refractivity contribution in [2.45, 2.75) is 32.5 Å². The lowest BCUT2D eigenvalue weighted by molar-refractivity contribution is 0.0802. The normalized spacial score (nSPS) is 13.5. The van der Waals surface area contributed by atoms with Crippen molar-refractivity contribution in [2.75, 3.05) is 6.61 Å². The summed E-state index contributed by atoms with van der Waals surface area (Å²) >= 11 is 0. The maximum Gasteiger partial charge on any atom is 0.328 e. The number of aromatic nitrogens is 2. The van der Waals surface area contributed by atoms with Gasteiger partial charge in [-0.1, -0.05) is 0 Å². The quantitative estimate of drug-likeness (QED) is 0.694. The Hall–Kier alpha value is -1.07. The van der Waals surface area contributed by atoms with Gasteiger partial charge in [-0.25, -0.2) is 4.79 Å². The van der Waals surface area contributed by atoms with Crippen LogP contribution in [0, 0.1) is 0 Å². The minimum atomic E-state index is -0.879. The summed E-state index contributed by atoms with van der Waals surface area (Å²) in [5.74, 6) is 0. The summed E-state index contributed by atoms with van der Waals surface area (Å²) in [7, 11) is 0. The minimum Gasteiger partial charge on any atom is -0.394 e. The third-order valence-electron chi connectivity index (χ3n) is 2.05. The Kier molecular flexibility index (Phi) is 3.49. The third kappa shape index (κ3) is 2.24. The molecule has 0 amide bonds. The molecule has 0 saturated heterocycles. The van der Waals surface area contributed by atoms with E-state index in [1.54, 1.807) is 17.0 Å². The Labute approximate surface area is 82.2 Å². The van der Waals surface area contributed by atoms with Crippen molar-refractivity contribution in [3.63, 3.8) is 0 Å². The molecular formula is C9H16N2O3. The van der Waals surface area contributed by atoms with Gasteiger partial charge in [0.25, 0.3) is 0 Å². The Balaban J connectivity index is 2.85. The summed E-state index contributed by atoms with van der Waals surface area (Å²) in [6.45, 7) is 3.62. The van der Waals surface area contributed by atoms with Crippen LogP contribution in [0.1, 0.15) is 19.9 Å². The van der Waals surface area contributed by atoms with E-state index in [1.165, 1.54) is 4.57 Å². The highest BCUT2D eigenvalue weighted by atomic mass is 16.3. The van der Waals surface area contributed by atoms with Crippen molar-refractivity contribution in [1.29, 1.82) is 0 Å². The van der Waals surface area contributed by atoms with Crippen LogP contribution in [0.5, 0.6) is 0 Å². The largest absolute Gasteiger partial charge is 0.394 e. The maximum atomic E-state index is 11.6. The second-order valence-electron chi connectivity index (χ2n) is 3.57. The molecule has 0 bridgehead atoms. The second kappa shape index (κ2) is 4.43. The van der Waals surface area contributed by atoms with Crippen LogP contribution in [0.3, 0.4) is 0 Å². The molecule has 0 aliphatic heterocycles. The lowest BCUT2D eigenvalue weighted by atomic mass is 10.4. The lowest BCUT2D eigenvalue weighted by Gasteiger charge is -2.07. The van der Waals surface area contributed by atoms with E-state index < -0.39 is 6.10 Å². The lowest BCUT2D eigenvalue weighted by Crippen LogP contribution is -2.30. The molecule has 14 heavy (non-hydrogen) atoms. The van der Waals surface area contributed by atoms with Crippen LogP contribution in [-0.2, 0) is 6.54 Å². The SMILES string of the molecule is CC(C)n1ccn(CC(O)CO)c1=O. The Morgan fingerprint density at radius 2 is 2.07 bits per heavy atom. The fraction of sp³-hybridized carbons (Fsp3) is 0.667. The molecule has 1 heterocycles. The van der Waals surface area contributed by atoms with Gasteiger partial charge in [0.05, 0.1) is 19.3 Å². The monoisotopic (exact) mass is 200 g/mol. The molecule has 0 aliphatic rings. The number of hydrogen-bond donors (Lipinski definition) is 2. The first kappa shape index (κ1) is 11.0. The molecule has 0 saturated carbocycles. The summed E-state index contributed by atoms with van der Waals surface area (Å²) in [4.78, 5) is 11.6. The van der Waals surface area contributed by atoms with Crippen LogP contribution in [0.25, 0.3) is 0 Å². The Morgan fingerprint density at radius 1 is 1.43 bits per heavy atom. The first-order valence-electron chi connectivity index (χ1n) is 4.62. The van der Waals surface area contributed by atoms with Gasteiger partial charge in [-0.3, -0.25) is 9.13 Å². The van der Waals surface area contributed by atoms with Crippen molar-refractivity contribution in [3.05, 3.63) is 22.9 Å². The predicted molar refractivity (Wildman–Crippen MR) is 52.2 cm³/mol. The average Bonchev–Trinajstić information content (AvgIpc) is 2.48. The van der Waals surface area contributed by atoms with Gasteiger partial charge in [0, 0.05) is 18.4 Å². The van der Waals surface area contributed by atoms with Gasteiger partial charge in [0.2, 0.25) is 0 Å². The van der Waals surface area contributed by atoms with Crippen LogP contribution in [0.2, 0.25) is 0 Å². The van der Waals surface area contributed by atoms with E-state index in [-0.39, 0.29) is 24.9 Å². The molecule has 1 rings (SSSR count). The van der Waals surface area contributed by atoms with Crippen molar-refractivity contribution in [3.8, 4) is 0 Å². The molecule has 0 radical (unpaired) electrons. The van der Waals surface area contributed by atoms with E-state index in [0.29, 0.717) is 0 Å². The van der Waals surface area contributed by atoms with E-state index in [1.807, 2.05) is 13.8 Å². The van der Waals surface area contributed by atoms with Crippen molar-refractivity contribution >= 4 is 0 Å². The van der Waals surface area contributed by atoms with Crippen LogP contribution in [0.4, 0.5) is 0 Å². The molecule has 0 aliphatic carbocycles. The maximum absolute atomic E-state index is 11.6. The smallest absolute Gasteiger partial charge is 0.328 e. The fourth-order valence-corrected chi connectivity index (χ4v) is 1.24. The molecule has 0 fully saturated rings. The summed E-state index contributed by atoms with van der Waals surface area (Å²) in [5.41, 5.74) is -0.160. The van der Waals surface area contributed by atoms with Gasteiger partial charge >= 0.3 is 5.69 Å². The number of aliphatic hydroxyl groups excluding tert-OH is 2. The van der Waals surface area contributed by atoms with Gasteiger partial charge in [0.1, 0.15) is 0 Å². The van der Waals surface area contributed by atoms with Gasteiger partial charge in [-0.2, -0.15) is 0 Å². The standard InChI is InChI=1S/C9H16N2O3/c1-7(2)11-4-3-10(9(11)14)5-8(13)6-12/h3-4,7-8,12-13H,5-6H2,1-2H3. The zero-order chi connectivity index (χ0) is 10.7. The van der Waals surface area contributed by atoms with Gasteiger partial charge in [0.15, 0.2) is 0 Å². The topological polar surface area (TPSA) is 67.4 Å². The third-order valence-corrected chi connectivity index (χ3v) is 2.05. The van der Waals surface area contributed by atoms with E-state index in [0.717, 1.165) is 0 Å². The zero-order valence-electron chi connectivity index (χ0n) is 8.42. The summed E-state index contributed by atoms with van der Waals surface area (Å²) in [6.07, 6.45) is 2.41. The summed E-state index contributed by atoms with van der Waals surface area (Å²) < 4.78 is 2.96. The molecule has 2 N–H and O–H groups in total. The molecule has 0 aromatic carbocycles. The molecule has 0 spiro atoms. The second-order valence-corrected chi connectivity index (χ2v) is 3.57. The molecule has 1 aromatic rings. The molecule has 1 aromatic heterocycles. The van der Waals surface area contributed by atoms with Crippen molar-refractivity contribution < 1.29 is 10.2 Å². The summed E-state index contributed by atoms with van der Waals surface area (Å²) in [6, 6.07) is 0.106. The highest BCUT2D eigenvalue weighted by Gasteiger charge is 2.09. The van der Waals surface area contributed by atoms with Crippen molar-refractivity contribution in [1.82, 2.24) is 9.13 Å². The van der Waals surface area contributed by atoms with Crippen LogP contribution in [-0.4, -0.2) is 32.1 Å². The predicted octanol–water partition coefficient (Wildman–Crippen LogP) is -0.416. The minimum absolute atomic E-state index is 0.106. The number of aliphatic hydroxyl groups is 2. The van der Waals surface area contributed by atoms with E-state index >= 15 is 0 Å². The Bertz CT molecular complexity index is 340. The number of nitrogens with zero attached hydrogens (tertiary/aromatic N) is 2. The van der Waals surface area contributed by atoms with Crippen LogP contribution < -0.4 is 5.69 Å². The molecular weight excluding hydrogens is 184 g/mol. The van der Waals surface area contributed by atoms with Gasteiger partial charge in [-0.15, -0.1) is 0 Å². The van der Waals surface area contributed by atoms with E-state index in [4.69, 9.17) is 10.2 Å². The molecule has 1 unspecified atom stereocenters. The van der Waals surface area contributed by atoms with Crippen molar-refractivity contribution in [2.24, 2.45) is 0 Å². The highest BCUT2D eigenvalue weighted by molar-refractivity contribution is 4.84. The Morgan fingerprint density at radius 3 is 2.50 bits per heavy atom. The number of rotatable bonds is 4. The number of imidazole rings is 1. The first-order chi connectivity index (χ1) is 6.56. The first-order valence-corrected chi connectivity index (χ1v) is 4.62. The fourth-order valence-electron chi connectivity index (χ4n) is 1.24.